The smallest absolute Gasteiger partial charge is 0.227 e. The van der Waals surface area contributed by atoms with Crippen molar-refractivity contribution >= 4 is 5.91 Å². The molecule has 1 amide bonds. The van der Waals surface area contributed by atoms with Crippen LogP contribution in [0.4, 0.5) is 0 Å². The molecule has 1 aliphatic heterocycles. The second kappa shape index (κ2) is 4.84. The zero-order chi connectivity index (χ0) is 11.5. The van der Waals surface area contributed by atoms with Crippen LogP contribution in [0.2, 0.25) is 0 Å². The van der Waals surface area contributed by atoms with Gasteiger partial charge in [0.05, 0.1) is 6.07 Å². The summed E-state index contributed by atoms with van der Waals surface area (Å²) in [6.45, 7) is 4.26. The van der Waals surface area contributed by atoms with Crippen molar-refractivity contribution in [3.63, 3.8) is 0 Å². The van der Waals surface area contributed by atoms with Crippen LogP contribution in [0.5, 0.6) is 0 Å². The van der Waals surface area contributed by atoms with E-state index >= 15 is 0 Å². The van der Waals surface area contributed by atoms with Crippen molar-refractivity contribution in [1.29, 1.82) is 5.26 Å². The maximum atomic E-state index is 12.3. The first-order valence-electron chi connectivity index (χ1n) is 6.15. The van der Waals surface area contributed by atoms with E-state index in [4.69, 9.17) is 5.26 Å². The number of nitriles is 1. The molecule has 4 heteroatoms. The highest BCUT2D eigenvalue weighted by Crippen LogP contribution is 2.33. The molecule has 88 valence electrons. The molecule has 2 rings (SSSR count). The van der Waals surface area contributed by atoms with E-state index in [0.717, 1.165) is 25.8 Å². The zero-order valence-electron chi connectivity index (χ0n) is 9.78. The van der Waals surface area contributed by atoms with E-state index in [9.17, 15) is 4.79 Å². The van der Waals surface area contributed by atoms with E-state index in [0.29, 0.717) is 19.0 Å². The van der Waals surface area contributed by atoms with Crippen LogP contribution >= 0.6 is 0 Å². The van der Waals surface area contributed by atoms with Gasteiger partial charge in [0, 0.05) is 25.6 Å². The van der Waals surface area contributed by atoms with Crippen molar-refractivity contribution in [2.45, 2.75) is 32.2 Å². The van der Waals surface area contributed by atoms with Crippen molar-refractivity contribution in [3.05, 3.63) is 0 Å². The van der Waals surface area contributed by atoms with Gasteiger partial charge in [0.15, 0.2) is 0 Å². The van der Waals surface area contributed by atoms with Gasteiger partial charge >= 0.3 is 0 Å². The van der Waals surface area contributed by atoms with Crippen LogP contribution < -0.4 is 5.32 Å². The first kappa shape index (κ1) is 11.4. The van der Waals surface area contributed by atoms with E-state index in [2.05, 4.69) is 18.3 Å². The molecule has 2 fully saturated rings. The monoisotopic (exact) mass is 221 g/mol. The quantitative estimate of drug-likeness (QED) is 0.710. The Balaban J connectivity index is 2.05. The van der Waals surface area contributed by atoms with Crippen molar-refractivity contribution in [3.8, 4) is 6.07 Å². The van der Waals surface area contributed by atoms with Crippen LogP contribution in [0.3, 0.4) is 0 Å². The molecular weight excluding hydrogens is 202 g/mol. The number of amides is 1. The lowest BCUT2D eigenvalue weighted by molar-refractivity contribution is -0.138. The van der Waals surface area contributed by atoms with Crippen LogP contribution in [0, 0.1) is 23.2 Å². The number of carbonyl (C=O) groups is 1. The molecule has 3 atom stereocenters. The van der Waals surface area contributed by atoms with Crippen LogP contribution in [0.25, 0.3) is 0 Å². The summed E-state index contributed by atoms with van der Waals surface area (Å²) >= 11 is 0. The van der Waals surface area contributed by atoms with Gasteiger partial charge in [-0.2, -0.15) is 5.26 Å². The third-order valence-electron chi connectivity index (χ3n) is 3.85. The molecule has 0 radical (unpaired) electrons. The normalized spacial score (nSPS) is 34.8. The zero-order valence-corrected chi connectivity index (χ0v) is 9.78. The van der Waals surface area contributed by atoms with E-state index in [1.165, 1.54) is 0 Å². The molecule has 0 aromatic rings. The molecule has 0 aromatic heterocycles. The SMILES string of the molecule is CC1CCCC1C(=O)N1CCNCC1C#N. The molecule has 0 aromatic carbocycles. The Bertz CT molecular complexity index is 310. The predicted octanol–water partition coefficient (Wildman–Crippen LogP) is 0.747. The first-order chi connectivity index (χ1) is 7.74. The second-order valence-electron chi connectivity index (χ2n) is 4.90. The molecule has 3 unspecified atom stereocenters. The largest absolute Gasteiger partial charge is 0.324 e. The van der Waals surface area contributed by atoms with Crippen molar-refractivity contribution in [2.24, 2.45) is 11.8 Å². The fraction of sp³-hybridized carbons (Fsp3) is 0.833. The van der Waals surface area contributed by atoms with Crippen molar-refractivity contribution in [1.82, 2.24) is 10.2 Å². The Hall–Kier alpha value is -1.08. The number of nitrogens with zero attached hydrogens (tertiary/aromatic N) is 2. The predicted molar refractivity (Wildman–Crippen MR) is 60.5 cm³/mol. The van der Waals surface area contributed by atoms with E-state index in [-0.39, 0.29) is 17.9 Å². The molecule has 16 heavy (non-hydrogen) atoms. The van der Waals surface area contributed by atoms with E-state index in [1.54, 1.807) is 4.90 Å². The Morgan fingerprint density at radius 1 is 1.50 bits per heavy atom. The van der Waals surface area contributed by atoms with Crippen LogP contribution in [0.1, 0.15) is 26.2 Å². The van der Waals surface area contributed by atoms with Crippen molar-refractivity contribution in [2.75, 3.05) is 19.6 Å². The minimum absolute atomic E-state index is 0.161. The van der Waals surface area contributed by atoms with Crippen LogP contribution in [-0.2, 0) is 4.79 Å². The van der Waals surface area contributed by atoms with Gasteiger partial charge in [0.25, 0.3) is 0 Å². The lowest BCUT2D eigenvalue weighted by Gasteiger charge is -2.34. The average molecular weight is 221 g/mol. The molecule has 1 saturated carbocycles. The highest BCUT2D eigenvalue weighted by molar-refractivity contribution is 5.80. The Morgan fingerprint density at radius 2 is 2.31 bits per heavy atom. The highest BCUT2D eigenvalue weighted by Gasteiger charge is 2.36. The summed E-state index contributed by atoms with van der Waals surface area (Å²) in [6.07, 6.45) is 3.31. The minimum Gasteiger partial charge on any atom is -0.324 e. The van der Waals surface area contributed by atoms with Gasteiger partial charge in [-0.05, 0) is 18.8 Å². The summed E-state index contributed by atoms with van der Waals surface area (Å²) in [5, 5.41) is 12.2. The Kier molecular flexibility index (Phi) is 3.45. The summed E-state index contributed by atoms with van der Waals surface area (Å²) in [7, 11) is 0. The number of rotatable bonds is 1. The number of hydrogen-bond acceptors (Lipinski definition) is 3. The van der Waals surface area contributed by atoms with Gasteiger partial charge in [-0.15, -0.1) is 0 Å². The Morgan fingerprint density at radius 3 is 2.94 bits per heavy atom. The number of nitrogens with one attached hydrogen (secondary N) is 1. The number of carbonyl (C=O) groups excluding carboxylic acids is 1. The van der Waals surface area contributed by atoms with Gasteiger partial charge < -0.3 is 10.2 Å². The molecule has 1 saturated heterocycles. The summed E-state index contributed by atoms with van der Waals surface area (Å²) in [5.74, 6) is 0.855. The molecule has 0 bridgehead atoms. The van der Waals surface area contributed by atoms with Gasteiger partial charge in [-0.25, -0.2) is 0 Å². The number of hydrogen-bond donors (Lipinski definition) is 1. The van der Waals surface area contributed by atoms with Crippen LogP contribution in [0.15, 0.2) is 0 Å². The van der Waals surface area contributed by atoms with Gasteiger partial charge in [0.2, 0.25) is 5.91 Å². The van der Waals surface area contributed by atoms with E-state index in [1.807, 2.05) is 0 Å². The fourth-order valence-electron chi connectivity index (χ4n) is 2.81. The molecular formula is C12H19N3O. The molecule has 1 aliphatic carbocycles. The third-order valence-corrected chi connectivity index (χ3v) is 3.85. The lowest BCUT2D eigenvalue weighted by Crippen LogP contribution is -2.54. The fourth-order valence-corrected chi connectivity index (χ4v) is 2.81. The van der Waals surface area contributed by atoms with Gasteiger partial charge in [0.1, 0.15) is 6.04 Å². The summed E-state index contributed by atoms with van der Waals surface area (Å²) in [5.41, 5.74) is 0. The molecule has 2 aliphatic rings. The van der Waals surface area contributed by atoms with Crippen LogP contribution in [-0.4, -0.2) is 36.5 Å². The Labute approximate surface area is 96.6 Å². The standard InChI is InChI=1S/C12H19N3O/c1-9-3-2-4-11(9)12(16)15-6-5-14-8-10(15)7-13/h9-11,14H,2-6,8H2,1H3. The lowest BCUT2D eigenvalue weighted by atomic mass is 9.95. The summed E-state index contributed by atoms with van der Waals surface area (Å²) in [4.78, 5) is 14.1. The molecule has 1 heterocycles. The maximum absolute atomic E-state index is 12.3. The highest BCUT2D eigenvalue weighted by atomic mass is 16.2. The topological polar surface area (TPSA) is 56.1 Å². The molecule has 1 N–H and O–H groups in total. The van der Waals surface area contributed by atoms with Crippen molar-refractivity contribution < 1.29 is 4.79 Å². The summed E-state index contributed by atoms with van der Waals surface area (Å²) in [6, 6.07) is 1.95. The number of piperazine rings is 1. The average Bonchev–Trinajstić information content (AvgIpc) is 2.74. The molecule has 0 spiro atoms. The van der Waals surface area contributed by atoms with Gasteiger partial charge in [-0.3, -0.25) is 4.79 Å². The summed E-state index contributed by atoms with van der Waals surface area (Å²) < 4.78 is 0. The second-order valence-corrected chi connectivity index (χ2v) is 4.90. The third kappa shape index (κ3) is 2.05. The maximum Gasteiger partial charge on any atom is 0.227 e. The van der Waals surface area contributed by atoms with E-state index < -0.39 is 0 Å². The van der Waals surface area contributed by atoms with Gasteiger partial charge in [-0.1, -0.05) is 13.3 Å². The first-order valence-corrected chi connectivity index (χ1v) is 6.15. The minimum atomic E-state index is -0.269. The molecule has 4 nitrogen and oxygen atoms in total.